The summed E-state index contributed by atoms with van der Waals surface area (Å²) in [5, 5.41) is 0. The molecule has 0 saturated carbocycles. The molecule has 0 aliphatic heterocycles. The first-order valence-corrected chi connectivity index (χ1v) is 15.4. The Balaban J connectivity index is 0. The van der Waals surface area contributed by atoms with Crippen LogP contribution in [0, 0.1) is 0 Å². The van der Waals surface area contributed by atoms with Gasteiger partial charge in [-0.05, 0) is 0 Å². The van der Waals surface area contributed by atoms with Crippen LogP contribution in [0.15, 0.2) is 0 Å². The molecule has 0 spiro atoms. The predicted molar refractivity (Wildman–Crippen MR) is 43.1 cm³/mol. The Kier molecular flexibility index (Phi) is 7.33. The van der Waals surface area contributed by atoms with Gasteiger partial charge >= 0.3 is 56.4 Å². The van der Waals surface area contributed by atoms with Crippen molar-refractivity contribution in [3.05, 3.63) is 0 Å². The summed E-state index contributed by atoms with van der Waals surface area (Å²) in [7, 11) is 10.5. The maximum atomic E-state index is 8.74. The Bertz CT molecular complexity index is 155. The minimum atomic E-state index is -4.67. The molecule has 0 aromatic heterocycles. The second kappa shape index (κ2) is 5.21. The summed E-state index contributed by atoms with van der Waals surface area (Å²) in [6, 6.07) is 0. The molecule has 0 unspecified atom stereocenters. The van der Waals surface area contributed by atoms with Crippen LogP contribution in [0.4, 0.5) is 0 Å². The van der Waals surface area contributed by atoms with E-state index in [2.05, 4.69) is 0 Å². The molecule has 0 aliphatic rings. The Morgan fingerprint density at radius 2 is 1.20 bits per heavy atom. The van der Waals surface area contributed by atoms with Gasteiger partial charge in [-0.3, -0.25) is 9.11 Å². The van der Waals surface area contributed by atoms with E-state index in [9.17, 15) is 0 Å². The average Bonchev–Trinajstić information content (AvgIpc) is 1.12. The van der Waals surface area contributed by atoms with E-state index in [4.69, 9.17) is 47.9 Å². The van der Waals surface area contributed by atoms with Crippen LogP contribution in [-0.4, -0.2) is 33.2 Å². The van der Waals surface area contributed by atoms with Crippen molar-refractivity contribution in [2.24, 2.45) is 3.89 Å². The third-order valence-electron chi connectivity index (χ3n) is 0. The fraction of sp³-hybridized carbons (Fsp3) is 0. The second-order valence-corrected chi connectivity index (χ2v) is 20.9. The van der Waals surface area contributed by atoms with Gasteiger partial charge in [0.15, 0.2) is 0 Å². The molecule has 0 rings (SSSR count). The van der Waals surface area contributed by atoms with Crippen LogP contribution in [-0.2, 0) is 10.4 Å². The summed E-state index contributed by atoms with van der Waals surface area (Å²) in [5.41, 5.74) is 0. The molecule has 0 amide bonds. The van der Waals surface area contributed by atoms with Crippen molar-refractivity contribution >= 4 is 52.5 Å². The van der Waals surface area contributed by atoms with Gasteiger partial charge in [-0.2, -0.15) is 8.42 Å². The second-order valence-electron chi connectivity index (χ2n) is 0.989. The van der Waals surface area contributed by atoms with Crippen molar-refractivity contribution in [1.29, 1.82) is 0 Å². The van der Waals surface area contributed by atoms with Crippen LogP contribution in [0.25, 0.3) is 0 Å². The monoisotopic (exact) mass is 341 g/mol. The van der Waals surface area contributed by atoms with Crippen LogP contribution in [0.5, 0.6) is 0 Å². The van der Waals surface area contributed by atoms with Gasteiger partial charge in [0, 0.05) is 0 Å². The molecule has 0 heterocycles. The van der Waals surface area contributed by atoms with Crippen LogP contribution >= 0.6 is 26.5 Å². The predicted octanol–water partition coefficient (Wildman–Crippen LogP) is 0.177. The van der Waals surface area contributed by atoms with E-state index >= 15 is 0 Å². The van der Waals surface area contributed by atoms with Crippen LogP contribution in [0.1, 0.15) is 0 Å². The average molecular weight is 343 g/mol. The Labute approximate surface area is 73.4 Å². The zero-order valence-corrected chi connectivity index (χ0v) is 10.3. The third-order valence-corrected chi connectivity index (χ3v) is 0. The zero-order chi connectivity index (χ0) is 9.00. The van der Waals surface area contributed by atoms with E-state index in [1.54, 1.807) is 0 Å². The van der Waals surface area contributed by atoms with Crippen LogP contribution in [0.3, 0.4) is 0 Å². The molecule has 0 radical (unpaired) electrons. The van der Waals surface area contributed by atoms with Gasteiger partial charge in [-0.15, -0.1) is 0 Å². The first-order valence-electron chi connectivity index (χ1n) is 1.55. The van der Waals surface area contributed by atoms with Gasteiger partial charge in [-0.25, -0.2) is 0 Å². The van der Waals surface area contributed by atoms with E-state index in [1.807, 2.05) is 0 Å². The Hall–Kier alpha value is 1.52. The quantitative estimate of drug-likeness (QED) is 0.430. The third kappa shape index (κ3) is 300. The molecule has 0 bridgehead atoms. The Morgan fingerprint density at radius 1 is 1.20 bits per heavy atom. The summed E-state index contributed by atoms with van der Waals surface area (Å²) >= 11 is -3.26. The maximum absolute atomic E-state index is 8.74. The first kappa shape index (κ1) is 14.1. The minimum absolute atomic E-state index is 3.26. The standard InChI is InChI=1S/3ClH.H2N.H2O4S.Sb.H/c;;;;1-5(2,3)4;;/h3*1H;1H2;(H2,1,2,3,4);;/q;;;-1;;+4;/p-3. The van der Waals surface area contributed by atoms with Crippen molar-refractivity contribution in [2.75, 3.05) is 0 Å². The molecule has 4 N–H and O–H groups in total. The van der Waals surface area contributed by atoms with Gasteiger partial charge in [0.1, 0.15) is 0 Å². The summed E-state index contributed by atoms with van der Waals surface area (Å²) in [5.74, 6) is 0. The van der Waals surface area contributed by atoms with Crippen molar-refractivity contribution in [3.8, 4) is 0 Å². The molecule has 10 heavy (non-hydrogen) atoms. The number of hydrogen-bond donors (Lipinski definition) is 3. The molecule has 0 aromatic rings. The van der Waals surface area contributed by atoms with E-state index in [1.165, 1.54) is 0 Å². The fourth-order valence-corrected chi connectivity index (χ4v) is 0. The molecule has 10 heteroatoms. The van der Waals surface area contributed by atoms with Gasteiger partial charge < -0.3 is 0 Å². The number of halogens is 3. The number of nitrogens with two attached hydrogens (primary N) is 1. The first-order chi connectivity index (χ1) is 4.00. The molecular formula is H5Cl3NO4SSb. The van der Waals surface area contributed by atoms with Crippen molar-refractivity contribution in [3.63, 3.8) is 0 Å². The van der Waals surface area contributed by atoms with Crippen LogP contribution in [0.2, 0.25) is 0 Å². The number of hydrogen-bond acceptors (Lipinski definition) is 3. The molecule has 0 saturated heterocycles. The van der Waals surface area contributed by atoms with E-state index < -0.39 is 26.1 Å². The molecule has 0 atom stereocenters. The summed E-state index contributed by atoms with van der Waals surface area (Å²) in [6.45, 7) is 0. The van der Waals surface area contributed by atoms with Gasteiger partial charge in [0.25, 0.3) is 0 Å². The molecule has 66 valence electrons. The topological polar surface area (TPSA) is 101 Å². The SMILES string of the molecule is O=S(=O)(O)O.[NH2][SbH]([Cl])([Cl])[Cl]. The van der Waals surface area contributed by atoms with Gasteiger partial charge in [-0.1, -0.05) is 0 Å². The number of rotatable bonds is 0. The normalized spacial score (nSPS) is 13.4. The van der Waals surface area contributed by atoms with Crippen LogP contribution < -0.4 is 3.89 Å². The van der Waals surface area contributed by atoms with Gasteiger partial charge in [0.05, 0.1) is 0 Å². The van der Waals surface area contributed by atoms with Crippen molar-refractivity contribution < 1.29 is 17.5 Å². The molecular weight excluding hydrogens is 338 g/mol. The summed E-state index contributed by atoms with van der Waals surface area (Å²) < 4.78 is 36.4. The molecule has 0 aliphatic carbocycles. The van der Waals surface area contributed by atoms with E-state index in [0.29, 0.717) is 0 Å². The fourth-order valence-electron chi connectivity index (χ4n) is 0. The van der Waals surface area contributed by atoms with Gasteiger partial charge in [0.2, 0.25) is 0 Å². The molecule has 0 aromatic carbocycles. The summed E-state index contributed by atoms with van der Waals surface area (Å²) in [4.78, 5) is 0. The zero-order valence-electron chi connectivity index (χ0n) is 4.33. The van der Waals surface area contributed by atoms with Crippen molar-refractivity contribution in [1.82, 2.24) is 0 Å². The van der Waals surface area contributed by atoms with E-state index in [-0.39, 0.29) is 0 Å². The van der Waals surface area contributed by atoms with E-state index in [0.717, 1.165) is 0 Å². The molecule has 0 fully saturated rings. The Morgan fingerprint density at radius 3 is 1.20 bits per heavy atom. The molecule has 5 nitrogen and oxygen atoms in total. The summed E-state index contributed by atoms with van der Waals surface area (Å²) in [6.07, 6.45) is 0. The van der Waals surface area contributed by atoms with Crippen molar-refractivity contribution in [2.45, 2.75) is 0 Å².